The van der Waals surface area contributed by atoms with E-state index in [0.29, 0.717) is 30.6 Å². The molecular weight excluding hydrogens is 298 g/mol. The van der Waals surface area contributed by atoms with E-state index in [-0.39, 0.29) is 6.04 Å². The first kappa shape index (κ1) is 15.6. The van der Waals surface area contributed by atoms with Gasteiger partial charge in [-0.1, -0.05) is 18.2 Å². The molecular formula is C18H16F2N2O. The van der Waals surface area contributed by atoms with Crippen molar-refractivity contribution >= 4 is 0 Å². The van der Waals surface area contributed by atoms with Gasteiger partial charge in [-0.2, -0.15) is 5.26 Å². The van der Waals surface area contributed by atoms with Crippen LogP contribution in [0.15, 0.2) is 42.5 Å². The monoisotopic (exact) mass is 314 g/mol. The molecule has 0 spiro atoms. The van der Waals surface area contributed by atoms with Gasteiger partial charge >= 0.3 is 0 Å². The van der Waals surface area contributed by atoms with Crippen molar-refractivity contribution in [2.24, 2.45) is 0 Å². The number of rotatable bonds is 3. The summed E-state index contributed by atoms with van der Waals surface area (Å²) in [5, 5.41) is 18.9. The molecule has 2 aromatic rings. The second-order valence-corrected chi connectivity index (χ2v) is 5.82. The lowest BCUT2D eigenvalue weighted by atomic mass is 10.0. The molecule has 1 heterocycles. The van der Waals surface area contributed by atoms with Crippen LogP contribution in [0.1, 0.15) is 29.2 Å². The number of nitriles is 1. The number of hydrogen-bond donors (Lipinski definition) is 1. The van der Waals surface area contributed by atoms with Gasteiger partial charge in [-0.3, -0.25) is 4.90 Å². The second-order valence-electron chi connectivity index (χ2n) is 5.82. The number of aliphatic hydroxyl groups excluding tert-OH is 1. The summed E-state index contributed by atoms with van der Waals surface area (Å²) in [5.41, 5.74) is 2.18. The zero-order valence-electron chi connectivity index (χ0n) is 12.4. The molecule has 1 fully saturated rings. The van der Waals surface area contributed by atoms with Crippen molar-refractivity contribution < 1.29 is 13.9 Å². The first-order chi connectivity index (χ1) is 11.1. The summed E-state index contributed by atoms with van der Waals surface area (Å²) in [7, 11) is 0. The van der Waals surface area contributed by atoms with Gasteiger partial charge in [0.1, 0.15) is 0 Å². The van der Waals surface area contributed by atoms with Crippen molar-refractivity contribution in [2.45, 2.75) is 25.1 Å². The van der Waals surface area contributed by atoms with Gasteiger partial charge < -0.3 is 5.11 Å². The Balaban J connectivity index is 1.84. The van der Waals surface area contributed by atoms with E-state index in [9.17, 15) is 13.9 Å². The summed E-state index contributed by atoms with van der Waals surface area (Å²) < 4.78 is 26.6. The third kappa shape index (κ3) is 3.39. The Kier molecular flexibility index (Phi) is 4.37. The normalized spacial score (nSPS) is 21.3. The topological polar surface area (TPSA) is 47.3 Å². The fraction of sp³-hybridized carbons (Fsp3) is 0.278. The van der Waals surface area contributed by atoms with E-state index < -0.39 is 17.7 Å². The van der Waals surface area contributed by atoms with Gasteiger partial charge in [0.25, 0.3) is 0 Å². The van der Waals surface area contributed by atoms with E-state index in [1.165, 1.54) is 6.07 Å². The molecule has 1 saturated heterocycles. The molecule has 0 amide bonds. The summed E-state index contributed by atoms with van der Waals surface area (Å²) in [5.74, 6) is -1.75. The van der Waals surface area contributed by atoms with Gasteiger partial charge in [-0.25, -0.2) is 8.78 Å². The highest BCUT2D eigenvalue weighted by atomic mass is 19.2. The van der Waals surface area contributed by atoms with Gasteiger partial charge in [-0.05, 0) is 41.8 Å². The first-order valence-electron chi connectivity index (χ1n) is 7.43. The molecule has 0 bridgehead atoms. The van der Waals surface area contributed by atoms with E-state index in [2.05, 4.69) is 6.07 Å². The summed E-state index contributed by atoms with van der Waals surface area (Å²) in [6.45, 7) is 0.997. The minimum absolute atomic E-state index is 0.175. The van der Waals surface area contributed by atoms with Gasteiger partial charge in [0.05, 0.1) is 17.7 Å². The number of β-amino-alcohol motifs (C(OH)–C–C–N with tert-alkyl or cyclic N) is 1. The van der Waals surface area contributed by atoms with Crippen LogP contribution < -0.4 is 0 Å². The summed E-state index contributed by atoms with van der Waals surface area (Å²) >= 11 is 0. The Labute approximate surface area is 133 Å². The smallest absolute Gasteiger partial charge is 0.159 e. The van der Waals surface area contributed by atoms with Crippen molar-refractivity contribution in [3.8, 4) is 6.07 Å². The summed E-state index contributed by atoms with van der Waals surface area (Å²) in [4.78, 5) is 2.02. The van der Waals surface area contributed by atoms with E-state index in [1.54, 1.807) is 18.2 Å². The standard InChI is InChI=1S/C18H16F2N2O/c19-16-5-4-14(7-17(16)20)18-8-15(23)11-22(18)10-13-3-1-2-12(6-13)9-21/h1-7,15,18,23H,8,10-11H2/t15-,18-/m1/s1. The summed E-state index contributed by atoms with van der Waals surface area (Å²) in [6, 6.07) is 13.0. The quantitative estimate of drug-likeness (QED) is 0.947. The van der Waals surface area contributed by atoms with Crippen LogP contribution in [0, 0.1) is 23.0 Å². The van der Waals surface area contributed by atoms with Crippen LogP contribution >= 0.6 is 0 Å². The predicted octanol–water partition coefficient (Wildman–Crippen LogP) is 3.14. The molecule has 0 aromatic heterocycles. The molecule has 5 heteroatoms. The minimum atomic E-state index is -0.879. The Morgan fingerprint density at radius 3 is 2.74 bits per heavy atom. The molecule has 1 aliphatic heterocycles. The molecule has 2 aromatic carbocycles. The lowest BCUT2D eigenvalue weighted by Gasteiger charge is -2.24. The maximum atomic E-state index is 13.5. The predicted molar refractivity (Wildman–Crippen MR) is 81.3 cm³/mol. The third-order valence-corrected chi connectivity index (χ3v) is 4.15. The molecule has 0 aliphatic carbocycles. The number of likely N-dealkylation sites (tertiary alicyclic amines) is 1. The van der Waals surface area contributed by atoms with Gasteiger partial charge in [0, 0.05) is 19.1 Å². The molecule has 1 aliphatic rings. The van der Waals surface area contributed by atoms with Gasteiger partial charge in [0.15, 0.2) is 11.6 Å². The first-order valence-corrected chi connectivity index (χ1v) is 7.43. The molecule has 1 N–H and O–H groups in total. The minimum Gasteiger partial charge on any atom is -0.392 e. The lowest BCUT2D eigenvalue weighted by Crippen LogP contribution is -2.24. The Hall–Kier alpha value is -2.29. The maximum absolute atomic E-state index is 13.5. The number of nitrogens with zero attached hydrogens (tertiary/aromatic N) is 2. The Morgan fingerprint density at radius 2 is 2.00 bits per heavy atom. The SMILES string of the molecule is N#Cc1cccc(CN2C[C@H](O)C[C@@H]2c2ccc(F)c(F)c2)c1. The van der Waals surface area contributed by atoms with Crippen LogP contribution in [0.25, 0.3) is 0 Å². The Bertz CT molecular complexity index is 757. The van der Waals surface area contributed by atoms with Crippen molar-refractivity contribution in [3.63, 3.8) is 0 Å². The molecule has 2 atom stereocenters. The zero-order chi connectivity index (χ0) is 16.4. The highest BCUT2D eigenvalue weighted by molar-refractivity contribution is 5.33. The summed E-state index contributed by atoms with van der Waals surface area (Å²) in [6.07, 6.45) is -0.0320. The average molecular weight is 314 g/mol. The van der Waals surface area contributed by atoms with Crippen molar-refractivity contribution in [3.05, 3.63) is 70.8 Å². The zero-order valence-corrected chi connectivity index (χ0v) is 12.4. The number of benzene rings is 2. The molecule has 0 saturated carbocycles. The number of aliphatic hydroxyl groups is 1. The van der Waals surface area contributed by atoms with Crippen LogP contribution in [0.4, 0.5) is 8.78 Å². The number of halogens is 2. The fourth-order valence-electron chi connectivity index (χ4n) is 3.09. The molecule has 23 heavy (non-hydrogen) atoms. The van der Waals surface area contributed by atoms with E-state index in [0.717, 1.165) is 11.6 Å². The van der Waals surface area contributed by atoms with Crippen molar-refractivity contribution in [1.29, 1.82) is 5.26 Å². The molecule has 0 radical (unpaired) electrons. The molecule has 3 nitrogen and oxygen atoms in total. The maximum Gasteiger partial charge on any atom is 0.159 e. The van der Waals surface area contributed by atoms with Crippen LogP contribution in [0.2, 0.25) is 0 Å². The van der Waals surface area contributed by atoms with Crippen molar-refractivity contribution in [2.75, 3.05) is 6.54 Å². The highest BCUT2D eigenvalue weighted by Crippen LogP contribution is 2.34. The van der Waals surface area contributed by atoms with E-state index in [1.807, 2.05) is 17.0 Å². The van der Waals surface area contributed by atoms with Crippen LogP contribution in [-0.2, 0) is 6.54 Å². The largest absolute Gasteiger partial charge is 0.392 e. The average Bonchev–Trinajstić information content (AvgIpc) is 2.90. The molecule has 0 unspecified atom stereocenters. The molecule has 118 valence electrons. The number of hydrogen-bond acceptors (Lipinski definition) is 3. The highest BCUT2D eigenvalue weighted by Gasteiger charge is 2.32. The van der Waals surface area contributed by atoms with Gasteiger partial charge in [-0.15, -0.1) is 0 Å². The van der Waals surface area contributed by atoms with E-state index in [4.69, 9.17) is 5.26 Å². The van der Waals surface area contributed by atoms with Crippen LogP contribution in [0.3, 0.4) is 0 Å². The molecule has 3 rings (SSSR count). The lowest BCUT2D eigenvalue weighted by molar-refractivity contribution is 0.172. The second kappa shape index (κ2) is 6.45. The third-order valence-electron chi connectivity index (χ3n) is 4.15. The van der Waals surface area contributed by atoms with Crippen LogP contribution in [0.5, 0.6) is 0 Å². The van der Waals surface area contributed by atoms with E-state index >= 15 is 0 Å². The van der Waals surface area contributed by atoms with Crippen LogP contribution in [-0.4, -0.2) is 22.7 Å². The Morgan fingerprint density at radius 1 is 1.17 bits per heavy atom. The fourth-order valence-corrected chi connectivity index (χ4v) is 3.09. The van der Waals surface area contributed by atoms with Gasteiger partial charge in [0.2, 0.25) is 0 Å². The van der Waals surface area contributed by atoms with Crippen molar-refractivity contribution in [1.82, 2.24) is 4.90 Å².